The normalized spacial score (nSPS) is 10.9. The predicted molar refractivity (Wildman–Crippen MR) is 108 cm³/mol. The molecule has 0 amide bonds. The number of carbonyl (C=O) groups is 2. The topological polar surface area (TPSA) is 77.5 Å². The Morgan fingerprint density at radius 3 is 2.40 bits per heavy atom. The SMILES string of the molecule is CCOC(=O)c1cnc2ccc(C(=O)OC(C)C)cc2c1Nc1cc(F)cc(F)c1. The van der Waals surface area contributed by atoms with Crippen molar-refractivity contribution in [2.45, 2.75) is 26.9 Å². The van der Waals surface area contributed by atoms with Gasteiger partial charge in [0, 0.05) is 23.3 Å². The largest absolute Gasteiger partial charge is 0.462 e. The molecule has 0 saturated carbocycles. The van der Waals surface area contributed by atoms with E-state index < -0.39 is 23.6 Å². The second kappa shape index (κ2) is 8.86. The highest BCUT2D eigenvalue weighted by molar-refractivity contribution is 6.07. The lowest BCUT2D eigenvalue weighted by molar-refractivity contribution is 0.0377. The Morgan fingerprint density at radius 1 is 1.07 bits per heavy atom. The molecule has 8 heteroatoms. The van der Waals surface area contributed by atoms with Crippen LogP contribution in [0.15, 0.2) is 42.6 Å². The van der Waals surface area contributed by atoms with Gasteiger partial charge in [-0.25, -0.2) is 18.4 Å². The van der Waals surface area contributed by atoms with Crippen molar-refractivity contribution in [3.8, 4) is 0 Å². The number of anilines is 2. The van der Waals surface area contributed by atoms with E-state index >= 15 is 0 Å². The van der Waals surface area contributed by atoms with Gasteiger partial charge in [-0.05, 0) is 51.1 Å². The van der Waals surface area contributed by atoms with Crippen LogP contribution in [0.1, 0.15) is 41.5 Å². The number of benzene rings is 2. The van der Waals surface area contributed by atoms with E-state index in [-0.39, 0.29) is 35.2 Å². The van der Waals surface area contributed by atoms with E-state index in [0.717, 1.165) is 18.2 Å². The summed E-state index contributed by atoms with van der Waals surface area (Å²) in [6.45, 7) is 5.24. The fourth-order valence-corrected chi connectivity index (χ4v) is 2.87. The Morgan fingerprint density at radius 2 is 1.77 bits per heavy atom. The maximum Gasteiger partial charge on any atom is 0.341 e. The molecule has 0 aliphatic carbocycles. The first-order valence-corrected chi connectivity index (χ1v) is 9.32. The lowest BCUT2D eigenvalue weighted by Crippen LogP contribution is -2.12. The van der Waals surface area contributed by atoms with Gasteiger partial charge >= 0.3 is 11.9 Å². The lowest BCUT2D eigenvalue weighted by atomic mass is 10.1. The average Bonchev–Trinajstić information content (AvgIpc) is 2.66. The van der Waals surface area contributed by atoms with Gasteiger partial charge in [0.25, 0.3) is 0 Å². The summed E-state index contributed by atoms with van der Waals surface area (Å²) in [5, 5.41) is 3.26. The van der Waals surface area contributed by atoms with Crippen LogP contribution in [0.25, 0.3) is 10.9 Å². The quantitative estimate of drug-likeness (QED) is 0.572. The second-order valence-corrected chi connectivity index (χ2v) is 6.74. The molecule has 30 heavy (non-hydrogen) atoms. The molecule has 0 unspecified atom stereocenters. The number of carbonyl (C=O) groups excluding carboxylic acids is 2. The predicted octanol–water partition coefficient (Wildman–Crippen LogP) is 5.00. The molecule has 0 bridgehead atoms. The Labute approximate surface area is 171 Å². The van der Waals surface area contributed by atoms with Gasteiger partial charge in [-0.2, -0.15) is 0 Å². The maximum atomic E-state index is 13.7. The summed E-state index contributed by atoms with van der Waals surface area (Å²) in [5.74, 6) is -2.78. The van der Waals surface area contributed by atoms with Crippen molar-refractivity contribution in [1.82, 2.24) is 4.98 Å². The molecule has 0 spiro atoms. The maximum absolute atomic E-state index is 13.7. The third kappa shape index (κ3) is 4.71. The number of hydrogen-bond acceptors (Lipinski definition) is 6. The van der Waals surface area contributed by atoms with E-state index in [2.05, 4.69) is 10.3 Å². The number of nitrogens with one attached hydrogen (secondary N) is 1. The monoisotopic (exact) mass is 414 g/mol. The molecular formula is C22H20F2N2O4. The summed E-state index contributed by atoms with van der Waals surface area (Å²) < 4.78 is 37.6. The van der Waals surface area contributed by atoms with Crippen LogP contribution in [-0.4, -0.2) is 29.6 Å². The third-order valence-electron chi connectivity index (χ3n) is 4.07. The highest BCUT2D eigenvalue weighted by Gasteiger charge is 2.19. The van der Waals surface area contributed by atoms with E-state index in [9.17, 15) is 18.4 Å². The van der Waals surface area contributed by atoms with Crippen LogP contribution in [0.3, 0.4) is 0 Å². The molecule has 0 radical (unpaired) electrons. The van der Waals surface area contributed by atoms with E-state index in [1.54, 1.807) is 32.9 Å². The summed E-state index contributed by atoms with van der Waals surface area (Å²) in [4.78, 5) is 29.0. The van der Waals surface area contributed by atoms with Crippen molar-refractivity contribution in [1.29, 1.82) is 0 Å². The molecule has 1 heterocycles. The van der Waals surface area contributed by atoms with Crippen molar-refractivity contribution < 1.29 is 27.8 Å². The minimum atomic E-state index is -0.783. The fraction of sp³-hybridized carbons (Fsp3) is 0.227. The highest BCUT2D eigenvalue weighted by atomic mass is 19.1. The summed E-state index contributed by atoms with van der Waals surface area (Å²) in [6.07, 6.45) is 0.995. The molecule has 0 fully saturated rings. The summed E-state index contributed by atoms with van der Waals surface area (Å²) >= 11 is 0. The number of rotatable bonds is 6. The van der Waals surface area contributed by atoms with Crippen molar-refractivity contribution in [3.63, 3.8) is 0 Å². The van der Waals surface area contributed by atoms with Crippen molar-refractivity contribution in [2.24, 2.45) is 0 Å². The van der Waals surface area contributed by atoms with Crippen LogP contribution >= 0.6 is 0 Å². The van der Waals surface area contributed by atoms with Gasteiger partial charge in [-0.15, -0.1) is 0 Å². The number of aromatic nitrogens is 1. The van der Waals surface area contributed by atoms with Crippen LogP contribution in [0, 0.1) is 11.6 Å². The number of pyridine rings is 1. The minimum absolute atomic E-state index is 0.0587. The molecule has 0 aliphatic heterocycles. The molecule has 2 aromatic carbocycles. The standard InChI is InChI=1S/C22H20F2N2O4/c1-4-29-22(28)18-11-25-19-6-5-13(21(27)30-12(2)3)7-17(19)20(18)26-16-9-14(23)8-15(24)10-16/h5-12H,4H2,1-3H3,(H,25,26). The number of nitrogens with zero attached hydrogens (tertiary/aromatic N) is 1. The molecule has 0 aliphatic rings. The van der Waals surface area contributed by atoms with Gasteiger partial charge in [0.1, 0.15) is 17.2 Å². The molecule has 0 saturated heterocycles. The lowest BCUT2D eigenvalue weighted by Gasteiger charge is -2.15. The smallest absolute Gasteiger partial charge is 0.341 e. The fourth-order valence-electron chi connectivity index (χ4n) is 2.87. The van der Waals surface area contributed by atoms with E-state index in [1.165, 1.54) is 12.3 Å². The molecule has 3 aromatic rings. The number of esters is 2. The van der Waals surface area contributed by atoms with E-state index in [0.29, 0.717) is 10.9 Å². The van der Waals surface area contributed by atoms with Crippen LogP contribution < -0.4 is 5.32 Å². The molecular weight excluding hydrogens is 394 g/mol. The first-order valence-electron chi connectivity index (χ1n) is 9.32. The Bertz CT molecular complexity index is 1100. The second-order valence-electron chi connectivity index (χ2n) is 6.74. The van der Waals surface area contributed by atoms with Gasteiger partial charge < -0.3 is 14.8 Å². The zero-order chi connectivity index (χ0) is 21.8. The Kier molecular flexibility index (Phi) is 6.25. The van der Waals surface area contributed by atoms with E-state index in [1.807, 2.05) is 0 Å². The van der Waals surface area contributed by atoms with Crippen LogP contribution in [0.4, 0.5) is 20.2 Å². The van der Waals surface area contributed by atoms with Crippen molar-refractivity contribution in [3.05, 3.63) is 65.4 Å². The van der Waals surface area contributed by atoms with Crippen molar-refractivity contribution in [2.75, 3.05) is 11.9 Å². The van der Waals surface area contributed by atoms with Gasteiger partial charge in [-0.1, -0.05) is 0 Å². The first kappa shape index (κ1) is 21.2. The summed E-state index contributed by atoms with van der Waals surface area (Å²) in [5.41, 5.74) is 1.06. The number of halogens is 2. The van der Waals surface area contributed by atoms with Gasteiger partial charge in [0.2, 0.25) is 0 Å². The molecule has 3 rings (SSSR count). The zero-order valence-electron chi connectivity index (χ0n) is 16.7. The summed E-state index contributed by atoms with van der Waals surface area (Å²) in [7, 11) is 0. The average molecular weight is 414 g/mol. The van der Waals surface area contributed by atoms with E-state index in [4.69, 9.17) is 9.47 Å². The Balaban J connectivity index is 2.18. The molecule has 1 N–H and O–H groups in total. The minimum Gasteiger partial charge on any atom is -0.462 e. The van der Waals surface area contributed by atoms with Crippen LogP contribution in [0.2, 0.25) is 0 Å². The number of fused-ring (bicyclic) bond motifs is 1. The molecule has 156 valence electrons. The Hall–Kier alpha value is -3.55. The highest BCUT2D eigenvalue weighted by Crippen LogP contribution is 2.31. The molecule has 6 nitrogen and oxygen atoms in total. The van der Waals surface area contributed by atoms with Crippen LogP contribution in [0.5, 0.6) is 0 Å². The zero-order valence-corrected chi connectivity index (χ0v) is 16.7. The molecule has 1 aromatic heterocycles. The molecule has 0 atom stereocenters. The number of hydrogen-bond donors (Lipinski definition) is 1. The first-order chi connectivity index (χ1) is 14.3. The third-order valence-corrected chi connectivity index (χ3v) is 4.07. The van der Waals surface area contributed by atoms with Crippen molar-refractivity contribution >= 4 is 34.2 Å². The van der Waals surface area contributed by atoms with Gasteiger partial charge in [0.15, 0.2) is 0 Å². The summed E-state index contributed by atoms with van der Waals surface area (Å²) in [6, 6.07) is 7.56. The number of ether oxygens (including phenoxy) is 2. The van der Waals surface area contributed by atoms with Gasteiger partial charge in [-0.3, -0.25) is 4.98 Å². The van der Waals surface area contributed by atoms with Crippen LogP contribution in [-0.2, 0) is 9.47 Å². The van der Waals surface area contributed by atoms with Gasteiger partial charge in [0.05, 0.1) is 29.5 Å².